The highest BCUT2D eigenvalue weighted by molar-refractivity contribution is 6.44. The third-order valence-corrected chi connectivity index (χ3v) is 4.32. The number of rotatable bonds is 3. The second-order valence-corrected chi connectivity index (χ2v) is 6.68. The average molecular weight is 351 g/mol. The van der Waals surface area contributed by atoms with E-state index in [0.717, 1.165) is 13.1 Å². The van der Waals surface area contributed by atoms with E-state index in [2.05, 4.69) is 29.4 Å². The van der Waals surface area contributed by atoms with Crippen molar-refractivity contribution in [2.45, 2.75) is 25.9 Å². The van der Waals surface area contributed by atoms with Crippen LogP contribution in [0.25, 0.3) is 0 Å². The molecule has 1 heterocycles. The number of amides is 1. The summed E-state index contributed by atoms with van der Waals surface area (Å²) in [6, 6.07) is 3.83. The smallest absolute Gasteiger partial charge is 0.238 e. The van der Waals surface area contributed by atoms with Crippen molar-refractivity contribution in [3.8, 4) is 0 Å². The van der Waals surface area contributed by atoms with Crippen molar-refractivity contribution in [1.29, 1.82) is 0 Å². The first-order valence-corrected chi connectivity index (χ1v) is 7.91. The topological polar surface area (TPSA) is 44.4 Å². The maximum Gasteiger partial charge on any atom is 0.238 e. The molecule has 1 aliphatic rings. The fourth-order valence-electron chi connectivity index (χ4n) is 2.58. The second kappa shape index (κ2) is 7.16. The molecule has 1 aromatic rings. The quantitative estimate of drug-likeness (QED) is 0.822. The van der Waals surface area contributed by atoms with Crippen LogP contribution in [-0.2, 0) is 4.79 Å². The number of carbonyl (C=O) groups is 1. The van der Waals surface area contributed by atoms with Crippen molar-refractivity contribution in [1.82, 2.24) is 10.2 Å². The molecule has 2 atom stereocenters. The molecule has 0 bridgehead atoms. The van der Waals surface area contributed by atoms with E-state index in [9.17, 15) is 4.79 Å². The highest BCUT2D eigenvalue weighted by Crippen LogP contribution is 2.32. The van der Waals surface area contributed by atoms with Crippen LogP contribution in [0.1, 0.15) is 13.8 Å². The van der Waals surface area contributed by atoms with Crippen molar-refractivity contribution in [3.63, 3.8) is 0 Å². The molecule has 116 valence electrons. The van der Waals surface area contributed by atoms with Crippen LogP contribution in [0.5, 0.6) is 0 Å². The van der Waals surface area contributed by atoms with Gasteiger partial charge in [0.1, 0.15) is 0 Å². The van der Waals surface area contributed by atoms with Crippen molar-refractivity contribution >= 4 is 46.4 Å². The molecule has 2 rings (SSSR count). The summed E-state index contributed by atoms with van der Waals surface area (Å²) >= 11 is 17.9. The van der Waals surface area contributed by atoms with Crippen LogP contribution in [0, 0.1) is 0 Å². The van der Waals surface area contributed by atoms with Gasteiger partial charge in [-0.3, -0.25) is 9.69 Å². The van der Waals surface area contributed by atoms with Crippen LogP contribution >= 0.6 is 34.8 Å². The van der Waals surface area contributed by atoms with Gasteiger partial charge in [0.2, 0.25) is 5.91 Å². The van der Waals surface area contributed by atoms with Crippen LogP contribution in [0.2, 0.25) is 15.1 Å². The number of halogens is 3. The highest BCUT2D eigenvalue weighted by atomic mass is 35.5. The molecule has 0 aliphatic carbocycles. The van der Waals surface area contributed by atoms with E-state index in [4.69, 9.17) is 34.8 Å². The van der Waals surface area contributed by atoms with E-state index in [-0.39, 0.29) is 5.91 Å². The lowest BCUT2D eigenvalue weighted by Crippen LogP contribution is -2.55. The summed E-state index contributed by atoms with van der Waals surface area (Å²) in [4.78, 5) is 14.3. The van der Waals surface area contributed by atoms with Gasteiger partial charge in [0.05, 0.1) is 27.3 Å². The molecule has 1 amide bonds. The Hall–Kier alpha value is -0.520. The minimum Gasteiger partial charge on any atom is -0.324 e. The summed E-state index contributed by atoms with van der Waals surface area (Å²) in [5.74, 6) is -0.114. The van der Waals surface area contributed by atoms with E-state index < -0.39 is 0 Å². The molecule has 0 saturated carbocycles. The number of anilines is 1. The predicted molar refractivity (Wildman–Crippen MR) is 88.6 cm³/mol. The fourth-order valence-corrected chi connectivity index (χ4v) is 3.17. The number of nitrogens with one attached hydrogen (secondary N) is 2. The number of nitrogens with zero attached hydrogens (tertiary/aromatic N) is 1. The lowest BCUT2D eigenvalue weighted by Gasteiger charge is -2.35. The second-order valence-electron chi connectivity index (χ2n) is 5.46. The summed E-state index contributed by atoms with van der Waals surface area (Å²) in [6.07, 6.45) is 0. The van der Waals surface area contributed by atoms with Gasteiger partial charge in [-0.2, -0.15) is 0 Å². The zero-order valence-corrected chi connectivity index (χ0v) is 14.2. The molecular formula is C14H18Cl3N3O. The van der Waals surface area contributed by atoms with Crippen LogP contribution < -0.4 is 10.6 Å². The van der Waals surface area contributed by atoms with E-state index in [1.807, 2.05) is 0 Å². The molecule has 2 N–H and O–H groups in total. The molecule has 1 aromatic carbocycles. The Morgan fingerprint density at radius 2 is 1.76 bits per heavy atom. The van der Waals surface area contributed by atoms with Crippen LogP contribution in [-0.4, -0.2) is 42.5 Å². The molecular weight excluding hydrogens is 333 g/mol. The van der Waals surface area contributed by atoms with Gasteiger partial charge in [-0.15, -0.1) is 0 Å². The first-order chi connectivity index (χ1) is 9.85. The normalized spacial score (nSPS) is 23.1. The van der Waals surface area contributed by atoms with Gasteiger partial charge < -0.3 is 10.6 Å². The molecule has 4 nitrogen and oxygen atoms in total. The molecule has 7 heteroatoms. The van der Waals surface area contributed by atoms with E-state index in [1.54, 1.807) is 6.07 Å². The molecule has 0 spiro atoms. The van der Waals surface area contributed by atoms with Crippen molar-refractivity contribution in [2.24, 2.45) is 0 Å². The van der Waals surface area contributed by atoms with Gasteiger partial charge in [0.15, 0.2) is 0 Å². The Labute approximate surface area is 139 Å². The minimum atomic E-state index is -0.114. The summed E-state index contributed by atoms with van der Waals surface area (Å²) in [5.41, 5.74) is 0.479. The standard InChI is InChI=1S/C14H18Cl3N3O/c1-8-5-20(6-9(2)18-8)7-14(21)19-13-4-11(16)10(15)3-12(13)17/h3-4,8-9,18H,5-7H2,1-2H3,(H,19,21). The molecule has 0 radical (unpaired) electrons. The van der Waals surface area contributed by atoms with Gasteiger partial charge in [-0.25, -0.2) is 0 Å². The van der Waals surface area contributed by atoms with Gasteiger partial charge in [-0.05, 0) is 26.0 Å². The van der Waals surface area contributed by atoms with Crippen molar-refractivity contribution < 1.29 is 4.79 Å². The maximum atomic E-state index is 12.1. The van der Waals surface area contributed by atoms with Gasteiger partial charge in [-0.1, -0.05) is 34.8 Å². The Bertz CT molecular complexity index is 528. The van der Waals surface area contributed by atoms with Crippen LogP contribution in [0.15, 0.2) is 12.1 Å². The predicted octanol–water partition coefficient (Wildman–Crippen LogP) is 3.27. The minimum absolute atomic E-state index is 0.114. The molecule has 1 aliphatic heterocycles. The van der Waals surface area contributed by atoms with E-state index >= 15 is 0 Å². The summed E-state index contributed by atoms with van der Waals surface area (Å²) in [7, 11) is 0. The molecule has 21 heavy (non-hydrogen) atoms. The molecule has 1 fully saturated rings. The first-order valence-electron chi connectivity index (χ1n) is 6.78. The number of hydrogen-bond donors (Lipinski definition) is 2. The van der Waals surface area contributed by atoms with Crippen LogP contribution in [0.3, 0.4) is 0 Å². The van der Waals surface area contributed by atoms with Gasteiger partial charge >= 0.3 is 0 Å². The number of hydrogen-bond acceptors (Lipinski definition) is 3. The van der Waals surface area contributed by atoms with Crippen molar-refractivity contribution in [2.75, 3.05) is 25.0 Å². The number of benzene rings is 1. The molecule has 0 aromatic heterocycles. The zero-order valence-electron chi connectivity index (χ0n) is 11.9. The largest absolute Gasteiger partial charge is 0.324 e. The van der Waals surface area contributed by atoms with E-state index in [1.165, 1.54) is 6.07 Å². The fraction of sp³-hybridized carbons (Fsp3) is 0.500. The summed E-state index contributed by atoms with van der Waals surface area (Å²) < 4.78 is 0. The Balaban J connectivity index is 1.97. The Morgan fingerprint density at radius 1 is 1.19 bits per heavy atom. The summed E-state index contributed by atoms with van der Waals surface area (Å²) in [6.45, 7) is 6.22. The third kappa shape index (κ3) is 4.73. The van der Waals surface area contributed by atoms with Gasteiger partial charge in [0.25, 0.3) is 0 Å². The average Bonchev–Trinajstić information content (AvgIpc) is 2.34. The third-order valence-electron chi connectivity index (χ3n) is 3.28. The first kappa shape index (κ1) is 16.8. The lowest BCUT2D eigenvalue weighted by atomic mass is 10.1. The van der Waals surface area contributed by atoms with Gasteiger partial charge in [0, 0.05) is 25.2 Å². The maximum absolute atomic E-state index is 12.1. The molecule has 2 unspecified atom stereocenters. The monoisotopic (exact) mass is 349 g/mol. The van der Waals surface area contributed by atoms with Crippen molar-refractivity contribution in [3.05, 3.63) is 27.2 Å². The SMILES string of the molecule is CC1CN(CC(=O)Nc2cc(Cl)c(Cl)cc2Cl)CC(C)N1. The van der Waals surface area contributed by atoms with E-state index in [0.29, 0.717) is 39.4 Å². The molecule has 1 saturated heterocycles. The highest BCUT2D eigenvalue weighted by Gasteiger charge is 2.22. The van der Waals surface area contributed by atoms with Crippen LogP contribution in [0.4, 0.5) is 5.69 Å². The zero-order chi connectivity index (χ0) is 15.6. The Kier molecular flexibility index (Phi) is 5.74. The summed E-state index contributed by atoms with van der Waals surface area (Å²) in [5, 5.41) is 7.31. The lowest BCUT2D eigenvalue weighted by molar-refractivity contribution is -0.117. The Morgan fingerprint density at radius 3 is 2.38 bits per heavy atom. The number of piperazine rings is 1. The number of carbonyl (C=O) groups excluding carboxylic acids is 1.